The van der Waals surface area contributed by atoms with Crippen molar-refractivity contribution in [2.24, 2.45) is 22.9 Å². The van der Waals surface area contributed by atoms with Gasteiger partial charge in [0.05, 0.1) is 11.4 Å². The smallest absolute Gasteiger partial charge is 0.200 e. The van der Waals surface area contributed by atoms with E-state index < -0.39 is 0 Å². The van der Waals surface area contributed by atoms with Crippen molar-refractivity contribution in [2.75, 3.05) is 9.80 Å². The third kappa shape index (κ3) is 5.06. The normalized spacial score (nSPS) is 11.4. The quantitative estimate of drug-likeness (QED) is 0.160. The van der Waals surface area contributed by atoms with Crippen molar-refractivity contribution in [2.45, 2.75) is 19.8 Å². The Morgan fingerprint density at radius 3 is 1.29 bits per heavy atom. The highest BCUT2D eigenvalue weighted by atomic mass is 15.3. The fourth-order valence-electron chi connectivity index (χ4n) is 4.23. The minimum Gasteiger partial charge on any atom is -0.369 e. The Bertz CT molecular complexity index is 1190. The van der Waals surface area contributed by atoms with Gasteiger partial charge in [0.25, 0.3) is 0 Å². The zero-order chi connectivity index (χ0) is 25.9. The molecule has 0 fully saturated rings. The number of aryl methyl sites for hydroxylation is 2. The molecular formula is C25H30N10. The van der Waals surface area contributed by atoms with E-state index in [1.807, 2.05) is 56.3 Å². The maximum atomic E-state index is 7.77. The van der Waals surface area contributed by atoms with Crippen molar-refractivity contribution >= 4 is 35.2 Å². The van der Waals surface area contributed by atoms with Gasteiger partial charge in [0.2, 0.25) is 0 Å². The van der Waals surface area contributed by atoms with Crippen LogP contribution in [-0.2, 0) is 0 Å². The predicted molar refractivity (Wildman–Crippen MR) is 142 cm³/mol. The van der Waals surface area contributed by atoms with E-state index in [-0.39, 0.29) is 29.8 Å². The van der Waals surface area contributed by atoms with Crippen molar-refractivity contribution in [1.82, 2.24) is 0 Å². The first-order valence-corrected chi connectivity index (χ1v) is 10.7. The molecule has 0 aliphatic heterocycles. The Kier molecular flexibility index (Phi) is 7.05. The molecule has 3 rings (SSSR count). The minimum atomic E-state index is -0.337. The van der Waals surface area contributed by atoms with Gasteiger partial charge in [-0.25, -0.2) is 0 Å². The van der Waals surface area contributed by atoms with Crippen LogP contribution in [-0.4, -0.2) is 23.8 Å². The van der Waals surface area contributed by atoms with E-state index in [0.717, 1.165) is 37.6 Å². The molecule has 3 aromatic rings. The van der Waals surface area contributed by atoms with Gasteiger partial charge in [-0.3, -0.25) is 31.4 Å². The summed E-state index contributed by atoms with van der Waals surface area (Å²) in [6.45, 7) is 3.92. The monoisotopic (exact) mass is 470 g/mol. The van der Waals surface area contributed by atoms with E-state index in [2.05, 4.69) is 12.1 Å². The van der Waals surface area contributed by atoms with Crippen molar-refractivity contribution in [3.8, 4) is 0 Å². The molecule has 0 aliphatic rings. The van der Waals surface area contributed by atoms with E-state index in [9.17, 15) is 0 Å². The summed E-state index contributed by atoms with van der Waals surface area (Å²) in [5.74, 6) is -1.48. The lowest BCUT2D eigenvalue weighted by molar-refractivity contribution is 0.948. The summed E-state index contributed by atoms with van der Waals surface area (Å²) in [6.07, 6.45) is 0. The van der Waals surface area contributed by atoms with Gasteiger partial charge in [-0.1, -0.05) is 42.5 Å². The summed E-state index contributed by atoms with van der Waals surface area (Å²) in [4.78, 5) is 2.32. The van der Waals surface area contributed by atoms with Crippen LogP contribution in [0.15, 0.2) is 66.7 Å². The number of guanidine groups is 4. The minimum absolute atomic E-state index is 0.134. The maximum Gasteiger partial charge on any atom is 0.200 e. The molecule has 10 heteroatoms. The second-order valence-corrected chi connectivity index (χ2v) is 8.14. The van der Waals surface area contributed by atoms with Crippen LogP contribution in [0.4, 0.5) is 11.4 Å². The first-order valence-electron chi connectivity index (χ1n) is 10.7. The van der Waals surface area contributed by atoms with Gasteiger partial charge in [0.1, 0.15) is 0 Å². The molecule has 0 saturated heterocycles. The van der Waals surface area contributed by atoms with Crippen molar-refractivity contribution in [3.05, 3.63) is 94.5 Å². The molecule has 0 saturated carbocycles. The average Bonchev–Trinajstić information content (AvgIpc) is 2.76. The van der Waals surface area contributed by atoms with Crippen molar-refractivity contribution < 1.29 is 0 Å². The molecule has 0 atom stereocenters. The molecule has 0 unspecified atom stereocenters. The number of benzene rings is 3. The van der Waals surface area contributed by atoms with Gasteiger partial charge in [-0.2, -0.15) is 0 Å². The summed E-state index contributed by atoms with van der Waals surface area (Å²) >= 11 is 0. The Morgan fingerprint density at radius 1 is 0.600 bits per heavy atom. The third-order valence-corrected chi connectivity index (χ3v) is 5.74. The number of nitrogens with one attached hydrogen (secondary N) is 4. The average molecular weight is 471 g/mol. The van der Waals surface area contributed by atoms with Gasteiger partial charge < -0.3 is 22.9 Å². The fourth-order valence-corrected chi connectivity index (χ4v) is 4.23. The van der Waals surface area contributed by atoms with E-state index in [1.165, 1.54) is 0 Å². The van der Waals surface area contributed by atoms with Crippen molar-refractivity contribution in [1.29, 1.82) is 21.6 Å². The molecule has 0 heterocycles. The SMILES string of the molecule is Cc1cc(N(C(=N)N)C(=N)N)ccc1C(c1ccccc1)c1ccc(N(C(=N)N)C(=N)N)cc1C. The maximum absolute atomic E-state index is 7.77. The highest BCUT2D eigenvalue weighted by Gasteiger charge is 2.23. The lowest BCUT2D eigenvalue weighted by atomic mass is 9.81. The third-order valence-electron chi connectivity index (χ3n) is 5.74. The molecule has 3 aromatic carbocycles. The Balaban J connectivity index is 2.17. The van der Waals surface area contributed by atoms with Gasteiger partial charge in [0.15, 0.2) is 23.8 Å². The fraction of sp³-hybridized carbons (Fsp3) is 0.120. The van der Waals surface area contributed by atoms with Gasteiger partial charge >= 0.3 is 0 Å². The number of nitrogens with zero attached hydrogens (tertiary/aromatic N) is 2. The van der Waals surface area contributed by atoms with E-state index >= 15 is 0 Å². The molecule has 0 aliphatic carbocycles. The van der Waals surface area contributed by atoms with Crippen LogP contribution in [0.2, 0.25) is 0 Å². The zero-order valence-electron chi connectivity index (χ0n) is 19.6. The predicted octanol–water partition coefficient (Wildman–Crippen LogP) is 2.67. The highest BCUT2D eigenvalue weighted by molar-refractivity contribution is 6.14. The molecule has 0 aromatic heterocycles. The summed E-state index contributed by atoms with van der Waals surface area (Å²) in [7, 11) is 0. The standard InChI is InChI=1S/C25H30N10/c1-14-12-17(34(22(26)27)23(28)29)8-10-19(14)21(16-6-4-3-5-7-16)20-11-9-18(13-15(20)2)35(24(30)31)25(32)33/h3-13,21H,1-2H3,(H3,26,27)(H3,28,29)(H3,30,31)(H3,32,33). The Morgan fingerprint density at radius 2 is 0.971 bits per heavy atom. The van der Waals surface area contributed by atoms with Crippen LogP contribution < -0.4 is 32.7 Å². The summed E-state index contributed by atoms with van der Waals surface area (Å²) < 4.78 is 0. The first-order chi connectivity index (χ1) is 16.5. The largest absolute Gasteiger partial charge is 0.369 e. The Labute approximate surface area is 204 Å². The highest BCUT2D eigenvalue weighted by Crippen LogP contribution is 2.37. The van der Waals surface area contributed by atoms with Gasteiger partial charge in [-0.05, 0) is 65.9 Å². The van der Waals surface area contributed by atoms with Crippen LogP contribution in [0, 0.1) is 35.5 Å². The molecule has 10 nitrogen and oxygen atoms in total. The Hall–Kier alpha value is -4.86. The first kappa shape index (κ1) is 24.8. The van der Waals surface area contributed by atoms with E-state index in [1.54, 1.807) is 12.1 Å². The number of hydrogen-bond acceptors (Lipinski definition) is 4. The number of anilines is 2. The lowest BCUT2D eigenvalue weighted by Crippen LogP contribution is -2.45. The number of rotatable bonds is 5. The van der Waals surface area contributed by atoms with Gasteiger partial charge in [-0.15, -0.1) is 0 Å². The molecule has 180 valence electrons. The summed E-state index contributed by atoms with van der Waals surface area (Å²) in [5.41, 5.74) is 28.6. The van der Waals surface area contributed by atoms with Crippen LogP contribution in [0.1, 0.15) is 33.7 Å². The molecule has 0 amide bonds. The van der Waals surface area contributed by atoms with E-state index in [4.69, 9.17) is 44.6 Å². The second-order valence-electron chi connectivity index (χ2n) is 8.14. The zero-order valence-corrected chi connectivity index (χ0v) is 19.6. The molecule has 0 spiro atoms. The van der Waals surface area contributed by atoms with Gasteiger partial charge in [0, 0.05) is 5.92 Å². The number of nitrogens with two attached hydrogens (primary N) is 4. The molecule has 35 heavy (non-hydrogen) atoms. The number of hydrogen-bond donors (Lipinski definition) is 8. The summed E-state index contributed by atoms with van der Waals surface area (Å²) in [6, 6.07) is 21.2. The topological polar surface area (TPSA) is 206 Å². The van der Waals surface area contributed by atoms with Crippen LogP contribution in [0.3, 0.4) is 0 Å². The summed E-state index contributed by atoms with van der Waals surface area (Å²) in [5, 5.41) is 31.1. The van der Waals surface area contributed by atoms with Crippen LogP contribution in [0.25, 0.3) is 0 Å². The molecule has 0 bridgehead atoms. The van der Waals surface area contributed by atoms with E-state index in [0.29, 0.717) is 11.4 Å². The lowest BCUT2D eigenvalue weighted by Gasteiger charge is -2.27. The molecule has 12 N–H and O–H groups in total. The van der Waals surface area contributed by atoms with Crippen LogP contribution in [0.5, 0.6) is 0 Å². The van der Waals surface area contributed by atoms with Crippen LogP contribution >= 0.6 is 0 Å². The molecule has 0 radical (unpaired) electrons. The van der Waals surface area contributed by atoms with Crippen molar-refractivity contribution in [3.63, 3.8) is 0 Å². The molecular weight excluding hydrogens is 440 g/mol. The second kappa shape index (κ2) is 9.96.